The van der Waals surface area contributed by atoms with Gasteiger partial charge in [-0.1, -0.05) is 0 Å². The maximum atomic E-state index is 13.4. The minimum absolute atomic E-state index is 0.0903. The summed E-state index contributed by atoms with van der Waals surface area (Å²) in [4.78, 5) is 21.6. The van der Waals surface area contributed by atoms with Crippen molar-refractivity contribution in [1.29, 1.82) is 0 Å². The fourth-order valence-corrected chi connectivity index (χ4v) is 2.66. The number of carboxylic acid groups (broad SMARTS) is 1. The first-order valence-electron chi connectivity index (χ1n) is 7.15. The molecule has 0 radical (unpaired) electrons. The lowest BCUT2D eigenvalue weighted by Crippen LogP contribution is -2.25. The summed E-state index contributed by atoms with van der Waals surface area (Å²) < 4.78 is 26.9. The van der Waals surface area contributed by atoms with Gasteiger partial charge in [0, 0.05) is 24.6 Å². The zero-order chi connectivity index (χ0) is 18.1. The van der Waals surface area contributed by atoms with E-state index >= 15 is 0 Å². The molecule has 1 N–H and O–H groups in total. The Balaban J connectivity index is 1.94. The molecule has 2 aromatic carbocycles. The summed E-state index contributed by atoms with van der Waals surface area (Å²) in [7, 11) is 0. The number of carbonyl (C=O) groups is 1. The third kappa shape index (κ3) is 3.30. The number of non-ortho nitro benzene ring substituents is 1. The fraction of sp³-hybridized carbons (Fsp3) is 0.125. The van der Waals surface area contributed by atoms with Crippen molar-refractivity contribution in [3.63, 3.8) is 0 Å². The lowest BCUT2D eigenvalue weighted by atomic mass is 9.98. The zero-order valence-electron chi connectivity index (χ0n) is 12.6. The van der Waals surface area contributed by atoms with Crippen LogP contribution in [0.3, 0.4) is 0 Å². The van der Waals surface area contributed by atoms with Crippen LogP contribution in [0.1, 0.15) is 23.6 Å². The predicted octanol–water partition coefficient (Wildman–Crippen LogP) is 3.70. The van der Waals surface area contributed by atoms with Crippen LogP contribution in [0.5, 0.6) is 0 Å². The van der Waals surface area contributed by atoms with Gasteiger partial charge in [-0.3, -0.25) is 10.1 Å². The lowest BCUT2D eigenvalue weighted by Gasteiger charge is -2.18. The zero-order valence-corrected chi connectivity index (χ0v) is 12.6. The molecule has 0 saturated carbocycles. The summed E-state index contributed by atoms with van der Waals surface area (Å²) in [5.74, 6) is -1.63. The molecule has 1 amide bonds. The van der Waals surface area contributed by atoms with Crippen molar-refractivity contribution in [2.75, 3.05) is 0 Å². The molecule has 0 fully saturated rings. The number of hydrogen-bond donors (Lipinski definition) is 1. The molecule has 9 heteroatoms. The Morgan fingerprint density at radius 2 is 1.80 bits per heavy atom. The number of nitro benzene ring substituents is 1. The summed E-state index contributed by atoms with van der Waals surface area (Å²) in [5.41, 5.74) is 0.880. The van der Waals surface area contributed by atoms with Crippen molar-refractivity contribution in [1.82, 2.24) is 5.01 Å². The van der Waals surface area contributed by atoms with E-state index in [4.69, 9.17) is 0 Å². The van der Waals surface area contributed by atoms with Crippen molar-refractivity contribution in [2.45, 2.75) is 12.5 Å². The maximum Gasteiger partial charge on any atom is 0.428 e. The molecule has 1 heterocycles. The number of nitrogens with zero attached hydrogens (tertiary/aromatic N) is 3. The fourth-order valence-electron chi connectivity index (χ4n) is 2.66. The highest BCUT2D eigenvalue weighted by molar-refractivity contribution is 6.02. The maximum absolute atomic E-state index is 13.4. The SMILES string of the molecule is O=C(O)N1N=C(c2ccc([N+](=O)[O-])cc2)CC1c1cc(F)cc(F)c1. The lowest BCUT2D eigenvalue weighted by molar-refractivity contribution is -0.384. The average molecular weight is 347 g/mol. The predicted molar refractivity (Wildman–Crippen MR) is 83.2 cm³/mol. The second kappa shape index (κ2) is 6.27. The summed E-state index contributed by atoms with van der Waals surface area (Å²) in [6.07, 6.45) is -1.28. The molecule has 1 unspecified atom stereocenters. The number of halogens is 2. The largest absolute Gasteiger partial charge is 0.464 e. The first-order chi connectivity index (χ1) is 11.8. The summed E-state index contributed by atoms with van der Waals surface area (Å²) in [6, 6.07) is 7.37. The number of benzene rings is 2. The van der Waals surface area contributed by atoms with Crippen LogP contribution >= 0.6 is 0 Å². The van der Waals surface area contributed by atoms with Gasteiger partial charge in [0.25, 0.3) is 5.69 Å². The van der Waals surface area contributed by atoms with E-state index in [1.807, 2.05) is 0 Å². The molecular formula is C16H11F2N3O4. The van der Waals surface area contributed by atoms with E-state index in [1.54, 1.807) is 0 Å². The quantitative estimate of drug-likeness (QED) is 0.676. The van der Waals surface area contributed by atoms with Crippen LogP contribution in [0.2, 0.25) is 0 Å². The molecular weight excluding hydrogens is 336 g/mol. The Labute approximate surface area is 140 Å². The Hall–Kier alpha value is -3.36. The molecule has 3 rings (SSSR count). The van der Waals surface area contributed by atoms with Gasteiger partial charge in [-0.05, 0) is 35.4 Å². The molecule has 1 atom stereocenters. The van der Waals surface area contributed by atoms with Crippen LogP contribution in [0.25, 0.3) is 0 Å². The highest BCUT2D eigenvalue weighted by atomic mass is 19.1. The van der Waals surface area contributed by atoms with Crippen molar-refractivity contribution in [2.24, 2.45) is 5.10 Å². The van der Waals surface area contributed by atoms with Gasteiger partial charge in [0.15, 0.2) is 0 Å². The molecule has 0 bridgehead atoms. The van der Waals surface area contributed by atoms with Crippen molar-refractivity contribution in [3.05, 3.63) is 75.3 Å². The molecule has 0 saturated heterocycles. The van der Waals surface area contributed by atoms with E-state index in [0.717, 1.165) is 17.1 Å². The molecule has 25 heavy (non-hydrogen) atoms. The van der Waals surface area contributed by atoms with Crippen LogP contribution in [0.4, 0.5) is 19.3 Å². The minimum Gasteiger partial charge on any atom is -0.464 e. The summed E-state index contributed by atoms with van der Waals surface area (Å²) >= 11 is 0. The molecule has 0 spiro atoms. The highest BCUT2D eigenvalue weighted by Gasteiger charge is 2.33. The number of hydrogen-bond acceptors (Lipinski definition) is 4. The van der Waals surface area contributed by atoms with Crippen molar-refractivity contribution in [3.8, 4) is 0 Å². The standard InChI is InChI=1S/C16H11F2N3O4/c17-11-5-10(6-12(18)7-11)15-8-14(19-20(15)16(22)23)9-1-3-13(4-2-9)21(24)25/h1-7,15H,8H2,(H,22,23). The van der Waals surface area contributed by atoms with Gasteiger partial charge >= 0.3 is 6.09 Å². The molecule has 0 aliphatic carbocycles. The number of nitro groups is 1. The molecule has 2 aromatic rings. The van der Waals surface area contributed by atoms with E-state index < -0.39 is 28.7 Å². The average Bonchev–Trinajstić information content (AvgIpc) is 2.99. The summed E-state index contributed by atoms with van der Waals surface area (Å²) in [5, 5.41) is 24.7. The van der Waals surface area contributed by atoms with Crippen LogP contribution in [0, 0.1) is 21.7 Å². The van der Waals surface area contributed by atoms with Gasteiger partial charge in [0.1, 0.15) is 11.6 Å². The van der Waals surface area contributed by atoms with Crippen LogP contribution in [0.15, 0.2) is 47.6 Å². The van der Waals surface area contributed by atoms with Crippen LogP contribution in [-0.4, -0.2) is 26.8 Å². The topological polar surface area (TPSA) is 96.0 Å². The first-order valence-corrected chi connectivity index (χ1v) is 7.15. The van der Waals surface area contributed by atoms with Crippen molar-refractivity contribution >= 4 is 17.5 Å². The third-order valence-electron chi connectivity index (χ3n) is 3.79. The van der Waals surface area contributed by atoms with Gasteiger partial charge in [-0.2, -0.15) is 10.1 Å². The Kier molecular flexibility index (Phi) is 4.14. The number of rotatable bonds is 3. The number of amides is 1. The first kappa shape index (κ1) is 16.5. The van der Waals surface area contributed by atoms with Gasteiger partial charge in [-0.15, -0.1) is 0 Å². The second-order valence-electron chi connectivity index (χ2n) is 5.40. The van der Waals surface area contributed by atoms with E-state index in [0.29, 0.717) is 17.3 Å². The smallest absolute Gasteiger partial charge is 0.428 e. The van der Waals surface area contributed by atoms with Gasteiger partial charge in [-0.25, -0.2) is 13.6 Å². The number of hydrazone groups is 1. The van der Waals surface area contributed by atoms with E-state index in [-0.39, 0.29) is 17.7 Å². The minimum atomic E-state index is -1.37. The van der Waals surface area contributed by atoms with Gasteiger partial charge in [0.05, 0.1) is 16.7 Å². The van der Waals surface area contributed by atoms with Crippen LogP contribution in [-0.2, 0) is 0 Å². The van der Waals surface area contributed by atoms with E-state index in [9.17, 15) is 28.8 Å². The van der Waals surface area contributed by atoms with Gasteiger partial charge in [0.2, 0.25) is 0 Å². The molecule has 1 aliphatic rings. The second-order valence-corrected chi connectivity index (χ2v) is 5.40. The molecule has 1 aliphatic heterocycles. The third-order valence-corrected chi connectivity index (χ3v) is 3.79. The van der Waals surface area contributed by atoms with E-state index in [1.165, 1.54) is 24.3 Å². The van der Waals surface area contributed by atoms with Gasteiger partial charge < -0.3 is 5.11 Å². The molecule has 128 valence electrons. The Morgan fingerprint density at radius 3 is 2.32 bits per heavy atom. The Bertz CT molecular complexity index is 863. The van der Waals surface area contributed by atoms with Crippen molar-refractivity contribution < 1.29 is 23.6 Å². The molecule has 7 nitrogen and oxygen atoms in total. The van der Waals surface area contributed by atoms with E-state index in [2.05, 4.69) is 5.10 Å². The van der Waals surface area contributed by atoms with Crippen LogP contribution < -0.4 is 0 Å². The summed E-state index contributed by atoms with van der Waals surface area (Å²) in [6.45, 7) is 0. The Morgan fingerprint density at radius 1 is 1.20 bits per heavy atom. The monoisotopic (exact) mass is 347 g/mol. The molecule has 0 aromatic heterocycles. The highest BCUT2D eigenvalue weighted by Crippen LogP contribution is 2.33. The normalized spacial score (nSPS) is 16.6.